The number of hydrogen-bond acceptors (Lipinski definition) is 2. The van der Waals surface area contributed by atoms with E-state index in [-0.39, 0.29) is 6.10 Å². The van der Waals surface area contributed by atoms with Crippen molar-refractivity contribution < 1.29 is 4.74 Å². The minimum atomic E-state index is 0.149. The number of hydrogen-bond donors (Lipinski definition) is 1. The van der Waals surface area contributed by atoms with E-state index < -0.39 is 0 Å². The molecule has 0 spiro atoms. The van der Waals surface area contributed by atoms with Gasteiger partial charge in [0.05, 0.1) is 11.8 Å². The van der Waals surface area contributed by atoms with Crippen molar-refractivity contribution in [3.8, 4) is 11.1 Å². The van der Waals surface area contributed by atoms with Crippen molar-refractivity contribution in [3.05, 3.63) is 41.2 Å². The van der Waals surface area contributed by atoms with Gasteiger partial charge in [0, 0.05) is 17.9 Å². The molecule has 0 aliphatic rings. The van der Waals surface area contributed by atoms with Crippen LogP contribution in [0.3, 0.4) is 0 Å². The van der Waals surface area contributed by atoms with Gasteiger partial charge < -0.3 is 4.74 Å². The monoisotopic (exact) mass is 244 g/mol. The number of benzene rings is 1. The molecule has 0 fully saturated rings. The van der Waals surface area contributed by atoms with Crippen LogP contribution in [-0.4, -0.2) is 16.8 Å². The third kappa shape index (κ3) is 2.46. The maximum atomic E-state index is 5.59. The van der Waals surface area contributed by atoms with Gasteiger partial charge in [-0.2, -0.15) is 5.10 Å². The fraction of sp³-hybridized carbons (Fsp3) is 0.400. The molecule has 1 aromatic carbocycles. The van der Waals surface area contributed by atoms with Gasteiger partial charge in [-0.15, -0.1) is 0 Å². The van der Waals surface area contributed by atoms with Gasteiger partial charge in [0.25, 0.3) is 0 Å². The van der Waals surface area contributed by atoms with E-state index in [1.807, 2.05) is 20.8 Å². The molecule has 0 saturated carbocycles. The van der Waals surface area contributed by atoms with Crippen molar-refractivity contribution in [2.24, 2.45) is 0 Å². The molecule has 3 heteroatoms. The topological polar surface area (TPSA) is 37.9 Å². The summed E-state index contributed by atoms with van der Waals surface area (Å²) in [5.74, 6) is 0. The maximum absolute atomic E-state index is 5.59. The molecule has 1 atom stereocenters. The number of aromatic nitrogens is 2. The van der Waals surface area contributed by atoms with Crippen LogP contribution in [0.25, 0.3) is 11.1 Å². The minimum absolute atomic E-state index is 0.149. The summed E-state index contributed by atoms with van der Waals surface area (Å²) in [5, 5.41) is 7.25. The van der Waals surface area contributed by atoms with Crippen LogP contribution in [0.4, 0.5) is 0 Å². The van der Waals surface area contributed by atoms with Crippen LogP contribution < -0.4 is 0 Å². The summed E-state index contributed by atoms with van der Waals surface area (Å²) >= 11 is 0. The van der Waals surface area contributed by atoms with Gasteiger partial charge in [0.15, 0.2) is 0 Å². The molecule has 0 aliphatic heterocycles. The minimum Gasteiger partial charge on any atom is -0.374 e. The Kier molecular flexibility index (Phi) is 3.82. The number of aromatic amines is 1. The average Bonchev–Trinajstić information content (AvgIpc) is 2.70. The molecule has 0 radical (unpaired) electrons. The maximum Gasteiger partial charge on any atom is 0.0796 e. The Labute approximate surface area is 108 Å². The van der Waals surface area contributed by atoms with Gasteiger partial charge in [-0.05, 0) is 38.8 Å². The van der Waals surface area contributed by atoms with Crippen LogP contribution in [0.2, 0.25) is 0 Å². The van der Waals surface area contributed by atoms with Crippen LogP contribution >= 0.6 is 0 Å². The van der Waals surface area contributed by atoms with Crippen molar-refractivity contribution in [1.29, 1.82) is 0 Å². The van der Waals surface area contributed by atoms with Crippen LogP contribution in [-0.2, 0) is 4.74 Å². The molecule has 2 rings (SSSR count). The van der Waals surface area contributed by atoms with E-state index in [2.05, 4.69) is 41.4 Å². The lowest BCUT2D eigenvalue weighted by molar-refractivity contribution is 0.0764. The highest BCUT2D eigenvalue weighted by molar-refractivity contribution is 5.68. The Morgan fingerprint density at radius 3 is 2.39 bits per heavy atom. The molecular weight excluding hydrogens is 224 g/mol. The second-order valence-electron chi connectivity index (χ2n) is 4.53. The molecule has 0 unspecified atom stereocenters. The Morgan fingerprint density at radius 1 is 1.22 bits per heavy atom. The van der Waals surface area contributed by atoms with Crippen molar-refractivity contribution in [3.63, 3.8) is 0 Å². The highest BCUT2D eigenvalue weighted by atomic mass is 16.5. The molecule has 96 valence electrons. The quantitative estimate of drug-likeness (QED) is 0.888. The molecular formula is C15H20N2O. The zero-order chi connectivity index (χ0) is 13.1. The summed E-state index contributed by atoms with van der Waals surface area (Å²) in [6.07, 6.45) is 0.149. The molecule has 1 aromatic heterocycles. The summed E-state index contributed by atoms with van der Waals surface area (Å²) in [6, 6.07) is 8.52. The molecule has 0 amide bonds. The highest BCUT2D eigenvalue weighted by Crippen LogP contribution is 2.27. The summed E-state index contributed by atoms with van der Waals surface area (Å²) in [7, 11) is 0. The van der Waals surface area contributed by atoms with Crippen LogP contribution in [0, 0.1) is 13.8 Å². The number of aryl methyl sites for hydroxylation is 2. The second kappa shape index (κ2) is 5.36. The standard InChI is InChI=1S/C15H20N2O/c1-5-18-12(4)13-6-8-14(9-7-13)15-10(2)16-17-11(15)3/h6-9,12H,5H2,1-4H3,(H,16,17)/t12-/m0/s1. The smallest absolute Gasteiger partial charge is 0.0796 e. The normalized spacial score (nSPS) is 12.7. The SMILES string of the molecule is CCO[C@@H](C)c1ccc(-c2c(C)n[nH]c2C)cc1. The molecule has 0 aliphatic carbocycles. The average molecular weight is 244 g/mol. The Hall–Kier alpha value is -1.61. The summed E-state index contributed by atoms with van der Waals surface area (Å²) in [4.78, 5) is 0. The molecule has 1 N–H and O–H groups in total. The summed E-state index contributed by atoms with van der Waals surface area (Å²) in [5.41, 5.74) is 5.76. The Balaban J connectivity index is 2.28. The predicted molar refractivity (Wildman–Crippen MR) is 73.5 cm³/mol. The lowest BCUT2D eigenvalue weighted by Gasteiger charge is -2.12. The van der Waals surface area contributed by atoms with Crippen molar-refractivity contribution in [2.45, 2.75) is 33.8 Å². The van der Waals surface area contributed by atoms with Crippen molar-refractivity contribution >= 4 is 0 Å². The van der Waals surface area contributed by atoms with E-state index >= 15 is 0 Å². The largest absolute Gasteiger partial charge is 0.374 e. The van der Waals surface area contributed by atoms with Gasteiger partial charge in [-0.25, -0.2) is 0 Å². The van der Waals surface area contributed by atoms with Gasteiger partial charge in [-0.1, -0.05) is 24.3 Å². The lowest BCUT2D eigenvalue weighted by Crippen LogP contribution is -1.99. The first kappa shape index (κ1) is 12.8. The Morgan fingerprint density at radius 2 is 1.89 bits per heavy atom. The lowest BCUT2D eigenvalue weighted by atomic mass is 10.0. The Bertz CT molecular complexity index is 494. The first-order chi connectivity index (χ1) is 8.63. The molecule has 3 nitrogen and oxygen atoms in total. The van der Waals surface area contributed by atoms with Gasteiger partial charge >= 0.3 is 0 Å². The molecule has 2 aromatic rings. The third-order valence-corrected chi connectivity index (χ3v) is 3.21. The summed E-state index contributed by atoms with van der Waals surface area (Å²) in [6.45, 7) is 8.90. The van der Waals surface area contributed by atoms with E-state index in [0.717, 1.165) is 18.0 Å². The van der Waals surface area contributed by atoms with Gasteiger partial charge in [0.2, 0.25) is 0 Å². The van der Waals surface area contributed by atoms with E-state index in [9.17, 15) is 0 Å². The van der Waals surface area contributed by atoms with Crippen molar-refractivity contribution in [2.75, 3.05) is 6.61 Å². The van der Waals surface area contributed by atoms with Crippen LogP contribution in [0.15, 0.2) is 24.3 Å². The van der Waals surface area contributed by atoms with E-state index in [0.29, 0.717) is 0 Å². The van der Waals surface area contributed by atoms with E-state index in [4.69, 9.17) is 4.74 Å². The first-order valence-electron chi connectivity index (χ1n) is 6.37. The highest BCUT2D eigenvalue weighted by Gasteiger charge is 2.10. The number of nitrogens with zero attached hydrogens (tertiary/aromatic N) is 1. The fourth-order valence-electron chi connectivity index (χ4n) is 2.24. The zero-order valence-corrected chi connectivity index (χ0v) is 11.4. The number of nitrogens with one attached hydrogen (secondary N) is 1. The van der Waals surface area contributed by atoms with Gasteiger partial charge in [-0.3, -0.25) is 5.10 Å². The molecule has 18 heavy (non-hydrogen) atoms. The van der Waals surface area contributed by atoms with Gasteiger partial charge in [0.1, 0.15) is 0 Å². The molecule has 1 heterocycles. The zero-order valence-electron chi connectivity index (χ0n) is 11.4. The molecule has 0 bridgehead atoms. The van der Waals surface area contributed by atoms with Crippen LogP contribution in [0.5, 0.6) is 0 Å². The number of ether oxygens (including phenoxy) is 1. The second-order valence-corrected chi connectivity index (χ2v) is 4.53. The van der Waals surface area contributed by atoms with Crippen molar-refractivity contribution in [1.82, 2.24) is 10.2 Å². The predicted octanol–water partition coefficient (Wildman–Crippen LogP) is 3.79. The third-order valence-electron chi connectivity index (χ3n) is 3.21. The number of H-pyrrole nitrogens is 1. The first-order valence-corrected chi connectivity index (χ1v) is 6.37. The molecule has 0 saturated heterocycles. The number of rotatable bonds is 4. The fourth-order valence-corrected chi connectivity index (χ4v) is 2.24. The van der Waals surface area contributed by atoms with E-state index in [1.165, 1.54) is 16.7 Å². The van der Waals surface area contributed by atoms with E-state index in [1.54, 1.807) is 0 Å². The summed E-state index contributed by atoms with van der Waals surface area (Å²) < 4.78 is 5.59. The van der Waals surface area contributed by atoms with Crippen LogP contribution in [0.1, 0.15) is 36.9 Å².